The van der Waals surface area contributed by atoms with Gasteiger partial charge in [0.15, 0.2) is 5.82 Å². The minimum Gasteiger partial charge on any atom is -0.376 e. The van der Waals surface area contributed by atoms with Crippen molar-refractivity contribution in [2.45, 2.75) is 0 Å². The number of rotatable bonds is 6. The molecule has 2 amide bonds. The molecule has 4 aromatic rings. The van der Waals surface area contributed by atoms with Gasteiger partial charge in [0.05, 0.1) is 23.9 Å². The smallest absolute Gasteiger partial charge is 0.309 e. The van der Waals surface area contributed by atoms with Gasteiger partial charge in [0.1, 0.15) is 0 Å². The van der Waals surface area contributed by atoms with Crippen LogP contribution >= 0.6 is 0 Å². The summed E-state index contributed by atoms with van der Waals surface area (Å²) in [7, 11) is 0. The third kappa shape index (κ3) is 5.21. The highest BCUT2D eigenvalue weighted by Crippen LogP contribution is 2.20. The second-order valence-electron chi connectivity index (χ2n) is 6.92. The molecule has 33 heavy (non-hydrogen) atoms. The molecule has 0 aliphatic carbocycles. The monoisotopic (exact) mass is 437 g/mol. The van der Waals surface area contributed by atoms with Crippen LogP contribution in [0.5, 0.6) is 0 Å². The number of nitriles is 1. The molecule has 0 radical (unpaired) electrons. The van der Waals surface area contributed by atoms with Crippen molar-refractivity contribution in [2.75, 3.05) is 11.9 Å². The summed E-state index contributed by atoms with van der Waals surface area (Å²) in [6, 6.07) is 27.4. The molecule has 162 valence electrons. The molecular formula is C24H19N7O2. The Labute approximate surface area is 189 Å². The molecule has 0 fully saturated rings. The van der Waals surface area contributed by atoms with Crippen LogP contribution in [0.15, 0.2) is 84.9 Å². The van der Waals surface area contributed by atoms with Crippen LogP contribution in [0.2, 0.25) is 0 Å². The molecule has 3 N–H and O–H groups in total. The maximum Gasteiger partial charge on any atom is 0.309 e. The summed E-state index contributed by atoms with van der Waals surface area (Å²) in [6.45, 7) is -0.0761. The Kier molecular flexibility index (Phi) is 6.38. The minimum atomic E-state index is -0.645. The predicted molar refractivity (Wildman–Crippen MR) is 122 cm³/mol. The van der Waals surface area contributed by atoms with Gasteiger partial charge in [-0.05, 0) is 36.4 Å². The van der Waals surface area contributed by atoms with E-state index in [0.717, 1.165) is 11.3 Å². The Bertz CT molecular complexity index is 1240. The van der Waals surface area contributed by atoms with Crippen LogP contribution in [0.3, 0.4) is 0 Å². The molecule has 9 nitrogen and oxygen atoms in total. The van der Waals surface area contributed by atoms with Gasteiger partial charge < -0.3 is 5.32 Å². The van der Waals surface area contributed by atoms with Crippen molar-refractivity contribution in [1.29, 1.82) is 5.26 Å². The van der Waals surface area contributed by atoms with E-state index >= 15 is 0 Å². The highest BCUT2D eigenvalue weighted by Gasteiger charge is 2.19. The van der Waals surface area contributed by atoms with E-state index in [1.54, 1.807) is 28.9 Å². The van der Waals surface area contributed by atoms with Gasteiger partial charge in [0.2, 0.25) is 5.82 Å². The lowest BCUT2D eigenvalue weighted by atomic mass is 10.2. The maximum atomic E-state index is 12.6. The van der Waals surface area contributed by atoms with Gasteiger partial charge in [-0.25, -0.2) is 9.67 Å². The van der Waals surface area contributed by atoms with E-state index in [-0.39, 0.29) is 12.4 Å². The number of hydrogen-bond donors (Lipinski definition) is 3. The molecule has 0 bridgehead atoms. The summed E-state index contributed by atoms with van der Waals surface area (Å²) in [5.41, 5.74) is 7.42. The highest BCUT2D eigenvalue weighted by molar-refractivity contribution is 5.93. The number of hydrogen-bond acceptors (Lipinski definition) is 6. The van der Waals surface area contributed by atoms with Crippen LogP contribution in [0.25, 0.3) is 17.1 Å². The van der Waals surface area contributed by atoms with Gasteiger partial charge in [0.25, 0.3) is 5.91 Å². The van der Waals surface area contributed by atoms with Crippen LogP contribution in [0.4, 0.5) is 5.69 Å². The van der Waals surface area contributed by atoms with Crippen molar-refractivity contribution in [1.82, 2.24) is 25.6 Å². The fraction of sp³-hybridized carbons (Fsp3) is 0.0417. The van der Waals surface area contributed by atoms with Crippen LogP contribution in [-0.4, -0.2) is 33.1 Å². The van der Waals surface area contributed by atoms with Crippen LogP contribution in [0.1, 0.15) is 16.2 Å². The van der Waals surface area contributed by atoms with Crippen molar-refractivity contribution in [3.8, 4) is 23.1 Å². The van der Waals surface area contributed by atoms with Gasteiger partial charge in [0, 0.05) is 11.3 Å². The zero-order valence-electron chi connectivity index (χ0n) is 17.4. The van der Waals surface area contributed by atoms with E-state index in [2.05, 4.69) is 26.3 Å². The topological polar surface area (TPSA) is 125 Å². The zero-order chi connectivity index (χ0) is 23.0. The first-order valence-electron chi connectivity index (χ1n) is 10.0. The van der Waals surface area contributed by atoms with E-state index in [9.17, 15) is 9.59 Å². The number of nitrogens with zero attached hydrogens (tertiary/aromatic N) is 4. The Morgan fingerprint density at radius 1 is 0.879 bits per heavy atom. The normalized spacial score (nSPS) is 10.2. The van der Waals surface area contributed by atoms with E-state index in [0.29, 0.717) is 17.1 Å². The lowest BCUT2D eigenvalue weighted by Gasteiger charge is -2.08. The van der Waals surface area contributed by atoms with E-state index in [1.165, 1.54) is 0 Å². The lowest BCUT2D eigenvalue weighted by molar-refractivity contribution is -0.120. The quantitative estimate of drug-likeness (QED) is 0.398. The summed E-state index contributed by atoms with van der Waals surface area (Å²) in [6.07, 6.45) is 0. The van der Waals surface area contributed by atoms with Crippen molar-refractivity contribution in [2.24, 2.45) is 0 Å². The molecule has 0 atom stereocenters. The predicted octanol–water partition coefficient (Wildman–Crippen LogP) is 2.68. The van der Waals surface area contributed by atoms with Gasteiger partial charge in [-0.3, -0.25) is 20.4 Å². The molecule has 1 heterocycles. The summed E-state index contributed by atoms with van der Waals surface area (Å²) in [5, 5.41) is 16.1. The first-order chi connectivity index (χ1) is 16.1. The summed E-state index contributed by atoms with van der Waals surface area (Å²) in [5.74, 6) is -0.689. The van der Waals surface area contributed by atoms with Crippen LogP contribution in [-0.2, 0) is 4.79 Å². The summed E-state index contributed by atoms with van der Waals surface area (Å²) < 4.78 is 1.58. The molecule has 0 spiro atoms. The molecule has 1 aromatic heterocycles. The van der Waals surface area contributed by atoms with Gasteiger partial charge in [-0.15, -0.1) is 5.10 Å². The van der Waals surface area contributed by atoms with Crippen molar-refractivity contribution < 1.29 is 9.59 Å². The van der Waals surface area contributed by atoms with Crippen molar-refractivity contribution in [3.05, 3.63) is 96.3 Å². The highest BCUT2D eigenvalue weighted by atomic mass is 16.2. The number of carbonyl (C=O) groups excluding carboxylic acids is 2. The maximum absolute atomic E-state index is 12.6. The lowest BCUT2D eigenvalue weighted by Crippen LogP contribution is -2.44. The third-order valence-corrected chi connectivity index (χ3v) is 4.63. The zero-order valence-corrected chi connectivity index (χ0v) is 17.4. The van der Waals surface area contributed by atoms with Crippen LogP contribution < -0.4 is 16.2 Å². The fourth-order valence-corrected chi connectivity index (χ4v) is 3.00. The number of amides is 2. The van der Waals surface area contributed by atoms with Crippen molar-refractivity contribution in [3.63, 3.8) is 0 Å². The number of para-hydroxylation sites is 1. The Morgan fingerprint density at radius 3 is 2.21 bits per heavy atom. The molecule has 0 saturated heterocycles. The first-order valence-corrected chi connectivity index (χ1v) is 10.0. The van der Waals surface area contributed by atoms with E-state index in [4.69, 9.17) is 5.26 Å². The molecule has 4 rings (SSSR count). The molecule has 0 saturated carbocycles. The SMILES string of the molecule is N#Cc1ccc(NCC(=O)NNC(=O)c2nc(-c3ccccc3)n(-c3ccccc3)n2)cc1. The average Bonchev–Trinajstić information content (AvgIpc) is 3.33. The number of anilines is 1. The third-order valence-electron chi connectivity index (χ3n) is 4.63. The fourth-order valence-electron chi connectivity index (χ4n) is 3.00. The van der Waals surface area contributed by atoms with Crippen LogP contribution in [0, 0.1) is 11.3 Å². The number of hydrazine groups is 1. The second kappa shape index (κ2) is 9.89. The number of benzene rings is 3. The Morgan fingerprint density at radius 2 is 1.55 bits per heavy atom. The van der Waals surface area contributed by atoms with Crippen molar-refractivity contribution >= 4 is 17.5 Å². The van der Waals surface area contributed by atoms with E-state index < -0.39 is 11.8 Å². The molecule has 0 unspecified atom stereocenters. The van der Waals surface area contributed by atoms with Gasteiger partial charge >= 0.3 is 5.91 Å². The van der Waals surface area contributed by atoms with E-state index in [1.807, 2.05) is 66.7 Å². The summed E-state index contributed by atoms with van der Waals surface area (Å²) >= 11 is 0. The number of nitrogens with one attached hydrogen (secondary N) is 3. The Hall–Kier alpha value is -4.97. The molecule has 9 heteroatoms. The molecule has 0 aliphatic rings. The minimum absolute atomic E-state index is 0.0761. The standard InChI is InChI=1S/C24H19N7O2/c25-15-17-11-13-19(14-12-17)26-16-21(32)28-29-24(33)22-27-23(18-7-3-1-4-8-18)31(30-22)20-9-5-2-6-10-20/h1-14,26H,16H2,(H,28,32)(H,29,33). The first kappa shape index (κ1) is 21.3. The van der Waals surface area contributed by atoms with Gasteiger partial charge in [-0.2, -0.15) is 5.26 Å². The molecule has 3 aromatic carbocycles. The molecule has 0 aliphatic heterocycles. The number of carbonyl (C=O) groups is 2. The number of aromatic nitrogens is 3. The largest absolute Gasteiger partial charge is 0.376 e. The summed E-state index contributed by atoms with van der Waals surface area (Å²) in [4.78, 5) is 29.1. The average molecular weight is 437 g/mol. The molecular weight excluding hydrogens is 418 g/mol. The van der Waals surface area contributed by atoms with Gasteiger partial charge in [-0.1, -0.05) is 48.5 Å². The Balaban J connectivity index is 1.43. The second-order valence-corrected chi connectivity index (χ2v) is 6.92.